The topological polar surface area (TPSA) is 55.2 Å². The summed E-state index contributed by atoms with van der Waals surface area (Å²) in [6.45, 7) is 2.04. The van der Waals surface area contributed by atoms with Crippen LogP contribution in [0.2, 0.25) is 0 Å². The van der Waals surface area contributed by atoms with Gasteiger partial charge in [-0.25, -0.2) is 5.10 Å². The Bertz CT molecular complexity index is 893. The van der Waals surface area contributed by atoms with E-state index in [2.05, 4.69) is 15.3 Å². The largest absolute Gasteiger partial charge is 0.497 e. The van der Waals surface area contributed by atoms with Crippen LogP contribution in [0.15, 0.2) is 53.6 Å². The van der Waals surface area contributed by atoms with E-state index in [0.29, 0.717) is 10.6 Å². The molecule has 0 spiro atoms. The Morgan fingerprint density at radius 2 is 2.00 bits per heavy atom. The Hall–Kier alpha value is -2.73. The number of aryl methyl sites for hydroxylation is 1. The molecular formula is C17H16N4OS. The van der Waals surface area contributed by atoms with Crippen molar-refractivity contribution >= 4 is 18.4 Å². The van der Waals surface area contributed by atoms with Crippen molar-refractivity contribution in [3.63, 3.8) is 0 Å². The Balaban J connectivity index is 1.95. The second kappa shape index (κ2) is 6.58. The summed E-state index contributed by atoms with van der Waals surface area (Å²) in [6.07, 6.45) is 1.74. The molecule has 0 unspecified atom stereocenters. The van der Waals surface area contributed by atoms with E-state index >= 15 is 0 Å². The molecule has 0 bridgehead atoms. The van der Waals surface area contributed by atoms with Crippen molar-refractivity contribution in [3.8, 4) is 17.1 Å². The maximum absolute atomic E-state index is 5.27. The molecule has 0 saturated heterocycles. The molecule has 0 saturated carbocycles. The lowest BCUT2D eigenvalue weighted by Gasteiger charge is -2.02. The van der Waals surface area contributed by atoms with Gasteiger partial charge in [-0.15, -0.1) is 0 Å². The summed E-state index contributed by atoms with van der Waals surface area (Å²) in [5, 5.41) is 11.5. The summed E-state index contributed by atoms with van der Waals surface area (Å²) in [7, 11) is 1.64. The van der Waals surface area contributed by atoms with Crippen LogP contribution in [0.4, 0.5) is 0 Å². The van der Waals surface area contributed by atoms with Crippen LogP contribution in [0.5, 0.6) is 5.75 Å². The number of hydrogen-bond donors (Lipinski definition) is 1. The molecule has 0 fully saturated rings. The summed E-state index contributed by atoms with van der Waals surface area (Å²) in [5.74, 6) is 1.49. The molecule has 1 heterocycles. The second-order valence-electron chi connectivity index (χ2n) is 5.05. The molecule has 2 aromatic carbocycles. The minimum absolute atomic E-state index is 0.450. The lowest BCUT2D eigenvalue weighted by Crippen LogP contribution is -1.95. The highest BCUT2D eigenvalue weighted by molar-refractivity contribution is 7.71. The molecule has 5 nitrogen and oxygen atoms in total. The highest BCUT2D eigenvalue weighted by atomic mass is 32.1. The van der Waals surface area contributed by atoms with Crippen molar-refractivity contribution in [1.29, 1.82) is 0 Å². The Morgan fingerprint density at radius 1 is 1.22 bits per heavy atom. The summed E-state index contributed by atoms with van der Waals surface area (Å²) < 4.78 is 7.22. The van der Waals surface area contributed by atoms with E-state index < -0.39 is 0 Å². The summed E-state index contributed by atoms with van der Waals surface area (Å²) in [5.41, 5.74) is 3.07. The van der Waals surface area contributed by atoms with Crippen LogP contribution in [0, 0.1) is 11.7 Å². The molecule has 0 aliphatic carbocycles. The first kappa shape index (κ1) is 15.2. The normalized spacial score (nSPS) is 11.0. The van der Waals surface area contributed by atoms with Gasteiger partial charge in [0, 0.05) is 5.56 Å². The first-order valence-electron chi connectivity index (χ1n) is 7.10. The van der Waals surface area contributed by atoms with E-state index in [0.717, 1.165) is 22.4 Å². The quantitative estimate of drug-likeness (QED) is 0.586. The molecule has 0 aliphatic heterocycles. The lowest BCUT2D eigenvalue weighted by atomic mass is 10.1. The fourth-order valence-corrected chi connectivity index (χ4v) is 2.36. The standard InChI is InChI=1S/C17H16N4OS/c1-12-4-3-5-14(10-12)16-19-20-17(23)21(16)18-11-13-6-8-15(22-2)9-7-13/h3-11H,1-2H3,(H,20,23)/b18-11+. The van der Waals surface area contributed by atoms with Gasteiger partial charge in [-0.3, -0.25) is 0 Å². The fourth-order valence-electron chi connectivity index (χ4n) is 2.18. The van der Waals surface area contributed by atoms with Crippen LogP contribution in [0.1, 0.15) is 11.1 Å². The van der Waals surface area contributed by atoms with Crippen molar-refractivity contribution in [1.82, 2.24) is 14.9 Å². The number of rotatable bonds is 4. The number of nitrogens with one attached hydrogen (secondary N) is 1. The molecule has 3 aromatic rings. The van der Waals surface area contributed by atoms with Gasteiger partial charge in [0.1, 0.15) is 5.75 Å². The zero-order valence-electron chi connectivity index (χ0n) is 12.9. The number of H-pyrrole nitrogens is 1. The third kappa shape index (κ3) is 3.37. The molecule has 0 amide bonds. The SMILES string of the molecule is COc1ccc(/C=N/n2c(-c3cccc(C)c3)n[nH]c2=S)cc1. The van der Waals surface area contributed by atoms with Gasteiger partial charge in [-0.2, -0.15) is 14.9 Å². The molecule has 0 aliphatic rings. The van der Waals surface area contributed by atoms with Gasteiger partial charge in [-0.1, -0.05) is 23.8 Å². The molecule has 3 rings (SSSR count). The Labute approximate surface area is 139 Å². The fraction of sp³-hybridized carbons (Fsp3) is 0.118. The Morgan fingerprint density at radius 3 is 2.70 bits per heavy atom. The lowest BCUT2D eigenvalue weighted by molar-refractivity contribution is 0.415. The predicted octanol–water partition coefficient (Wildman–Crippen LogP) is 3.81. The van der Waals surface area contributed by atoms with E-state index in [1.54, 1.807) is 18.0 Å². The smallest absolute Gasteiger partial charge is 0.216 e. The van der Waals surface area contributed by atoms with Crippen molar-refractivity contribution in [2.24, 2.45) is 5.10 Å². The van der Waals surface area contributed by atoms with Gasteiger partial charge in [0.15, 0.2) is 5.82 Å². The summed E-state index contributed by atoms with van der Waals surface area (Å²) >= 11 is 5.27. The zero-order chi connectivity index (χ0) is 16.2. The van der Waals surface area contributed by atoms with Crippen LogP contribution >= 0.6 is 12.2 Å². The van der Waals surface area contributed by atoms with Crippen LogP contribution < -0.4 is 4.74 Å². The molecule has 0 radical (unpaired) electrons. The van der Waals surface area contributed by atoms with Crippen LogP contribution in [-0.4, -0.2) is 28.2 Å². The minimum atomic E-state index is 0.450. The predicted molar refractivity (Wildman–Crippen MR) is 93.6 cm³/mol. The molecule has 0 atom stereocenters. The van der Waals surface area contributed by atoms with E-state index in [1.165, 1.54) is 0 Å². The second-order valence-corrected chi connectivity index (χ2v) is 5.44. The number of ether oxygens (including phenoxy) is 1. The number of aromatic amines is 1. The maximum Gasteiger partial charge on any atom is 0.216 e. The van der Waals surface area contributed by atoms with E-state index in [9.17, 15) is 0 Å². The average Bonchev–Trinajstić information content (AvgIpc) is 2.94. The first-order valence-corrected chi connectivity index (χ1v) is 7.51. The molecule has 6 heteroatoms. The van der Waals surface area contributed by atoms with Crippen molar-refractivity contribution in [3.05, 3.63) is 64.4 Å². The first-order chi connectivity index (χ1) is 11.2. The number of benzene rings is 2. The minimum Gasteiger partial charge on any atom is -0.497 e. The van der Waals surface area contributed by atoms with Gasteiger partial charge in [-0.05, 0) is 55.0 Å². The van der Waals surface area contributed by atoms with Gasteiger partial charge in [0.2, 0.25) is 4.77 Å². The molecule has 1 N–H and O–H groups in total. The zero-order valence-corrected chi connectivity index (χ0v) is 13.7. The van der Waals surface area contributed by atoms with Crippen molar-refractivity contribution in [2.75, 3.05) is 7.11 Å². The van der Waals surface area contributed by atoms with Gasteiger partial charge in [0.05, 0.1) is 13.3 Å². The van der Waals surface area contributed by atoms with Crippen molar-refractivity contribution in [2.45, 2.75) is 6.92 Å². The average molecular weight is 324 g/mol. The van der Waals surface area contributed by atoms with E-state index in [1.807, 2.05) is 55.5 Å². The summed E-state index contributed by atoms with van der Waals surface area (Å²) in [4.78, 5) is 0. The number of hydrogen-bond acceptors (Lipinski definition) is 4. The molecule has 23 heavy (non-hydrogen) atoms. The number of nitrogens with zero attached hydrogens (tertiary/aromatic N) is 3. The van der Waals surface area contributed by atoms with Crippen molar-refractivity contribution < 1.29 is 4.74 Å². The third-order valence-electron chi connectivity index (χ3n) is 3.36. The third-order valence-corrected chi connectivity index (χ3v) is 3.63. The maximum atomic E-state index is 5.27. The number of aromatic nitrogens is 3. The highest BCUT2D eigenvalue weighted by Gasteiger charge is 2.07. The molecular weight excluding hydrogens is 308 g/mol. The van der Waals surface area contributed by atoms with Crippen LogP contribution in [-0.2, 0) is 0 Å². The summed E-state index contributed by atoms with van der Waals surface area (Å²) in [6, 6.07) is 15.7. The van der Waals surface area contributed by atoms with Crippen LogP contribution in [0.3, 0.4) is 0 Å². The monoisotopic (exact) mass is 324 g/mol. The Kier molecular flexibility index (Phi) is 4.34. The molecule has 116 valence electrons. The highest BCUT2D eigenvalue weighted by Crippen LogP contribution is 2.18. The van der Waals surface area contributed by atoms with Gasteiger partial charge in [0.25, 0.3) is 0 Å². The molecule has 1 aromatic heterocycles. The van der Waals surface area contributed by atoms with Crippen LogP contribution in [0.25, 0.3) is 11.4 Å². The van der Waals surface area contributed by atoms with Gasteiger partial charge >= 0.3 is 0 Å². The number of methoxy groups -OCH3 is 1. The van der Waals surface area contributed by atoms with E-state index in [4.69, 9.17) is 17.0 Å². The van der Waals surface area contributed by atoms with Gasteiger partial charge < -0.3 is 4.74 Å². The van der Waals surface area contributed by atoms with E-state index in [-0.39, 0.29) is 0 Å².